The second-order valence-electron chi connectivity index (χ2n) is 8.14. The van der Waals surface area contributed by atoms with Crippen LogP contribution in [-0.4, -0.2) is 42.9 Å². The van der Waals surface area contributed by atoms with Gasteiger partial charge in [0, 0.05) is 37.4 Å². The fourth-order valence-electron chi connectivity index (χ4n) is 4.04. The SMILES string of the molecule is O=C(Nc1ccc(N2CCN(C(=O)c3cccs3)CC2)c(Cl)c1)c1ccc(-c2cccc(Cl)c2Cl)o1. The van der Waals surface area contributed by atoms with Gasteiger partial charge in [0.2, 0.25) is 0 Å². The molecule has 1 N–H and O–H groups in total. The maximum absolute atomic E-state index is 12.8. The Labute approximate surface area is 227 Å². The Morgan fingerprint density at radius 3 is 2.42 bits per heavy atom. The van der Waals surface area contributed by atoms with E-state index in [9.17, 15) is 9.59 Å². The smallest absolute Gasteiger partial charge is 0.291 e. The van der Waals surface area contributed by atoms with Crippen molar-refractivity contribution in [3.05, 3.63) is 91.7 Å². The number of hydrogen-bond donors (Lipinski definition) is 1. The normalized spacial score (nSPS) is 13.6. The zero-order valence-corrected chi connectivity index (χ0v) is 21.9. The number of amides is 2. The molecule has 4 aromatic rings. The first-order chi connectivity index (χ1) is 17.4. The van der Waals surface area contributed by atoms with Crippen molar-refractivity contribution in [3.8, 4) is 11.3 Å². The molecular formula is C26H20Cl3N3O3S. The summed E-state index contributed by atoms with van der Waals surface area (Å²) in [7, 11) is 0. The van der Waals surface area contributed by atoms with E-state index in [4.69, 9.17) is 39.2 Å². The Bertz CT molecular complexity index is 1410. The standard InChI is InChI=1S/C26H20Cl3N3O3S/c27-18-4-1-3-17(24(18)29)21-8-9-22(35-21)25(33)30-16-6-7-20(19(28)15-16)31-10-12-32(13-11-31)26(34)23-5-2-14-36-23/h1-9,14-15H,10-13H2,(H,30,33). The number of anilines is 2. The molecule has 0 bridgehead atoms. The van der Waals surface area contributed by atoms with Gasteiger partial charge in [-0.15, -0.1) is 11.3 Å². The lowest BCUT2D eigenvalue weighted by Crippen LogP contribution is -2.48. The molecule has 10 heteroatoms. The van der Waals surface area contributed by atoms with E-state index < -0.39 is 5.91 Å². The van der Waals surface area contributed by atoms with Crippen LogP contribution in [0.2, 0.25) is 15.1 Å². The van der Waals surface area contributed by atoms with E-state index in [0.717, 1.165) is 10.6 Å². The predicted octanol–water partition coefficient (Wildman–Crippen LogP) is 7.18. The fraction of sp³-hybridized carbons (Fsp3) is 0.154. The lowest BCUT2D eigenvalue weighted by molar-refractivity contribution is 0.0751. The maximum Gasteiger partial charge on any atom is 0.291 e. The third-order valence-electron chi connectivity index (χ3n) is 5.89. The van der Waals surface area contributed by atoms with Gasteiger partial charge in [0.05, 0.1) is 25.6 Å². The molecule has 1 aliphatic rings. The molecule has 0 saturated carbocycles. The number of thiophene rings is 1. The van der Waals surface area contributed by atoms with Crippen LogP contribution in [0.15, 0.2) is 70.5 Å². The summed E-state index contributed by atoms with van der Waals surface area (Å²) in [5.41, 5.74) is 2.00. The third-order valence-corrected chi connectivity index (χ3v) is 7.87. The zero-order valence-electron chi connectivity index (χ0n) is 18.8. The molecule has 5 rings (SSSR count). The Kier molecular flexibility index (Phi) is 7.25. The Morgan fingerprint density at radius 1 is 0.889 bits per heavy atom. The number of nitrogens with zero attached hydrogens (tertiary/aromatic N) is 2. The second kappa shape index (κ2) is 10.6. The van der Waals surface area contributed by atoms with Crippen molar-refractivity contribution in [1.82, 2.24) is 4.90 Å². The van der Waals surface area contributed by atoms with Crippen LogP contribution in [-0.2, 0) is 0 Å². The van der Waals surface area contributed by atoms with Crippen molar-refractivity contribution >= 4 is 69.3 Å². The Balaban J connectivity index is 1.22. The summed E-state index contributed by atoms with van der Waals surface area (Å²) in [6, 6.07) is 17.6. The van der Waals surface area contributed by atoms with Gasteiger partial charge >= 0.3 is 0 Å². The minimum absolute atomic E-state index is 0.0625. The van der Waals surface area contributed by atoms with Gasteiger partial charge in [0.15, 0.2) is 5.76 Å². The summed E-state index contributed by atoms with van der Waals surface area (Å²) < 4.78 is 5.72. The van der Waals surface area contributed by atoms with Crippen molar-refractivity contribution in [2.24, 2.45) is 0 Å². The first kappa shape index (κ1) is 24.7. The molecule has 0 unspecified atom stereocenters. The number of furan rings is 1. The van der Waals surface area contributed by atoms with Gasteiger partial charge < -0.3 is 19.5 Å². The highest BCUT2D eigenvalue weighted by Crippen LogP contribution is 2.35. The molecular weight excluding hydrogens is 541 g/mol. The van der Waals surface area contributed by atoms with E-state index in [0.29, 0.717) is 58.3 Å². The molecule has 3 heterocycles. The first-order valence-electron chi connectivity index (χ1n) is 11.1. The topological polar surface area (TPSA) is 65.8 Å². The largest absolute Gasteiger partial charge is 0.451 e. The van der Waals surface area contributed by atoms with Crippen LogP contribution in [0.3, 0.4) is 0 Å². The first-order valence-corrected chi connectivity index (χ1v) is 13.1. The number of piperazine rings is 1. The number of benzene rings is 2. The summed E-state index contributed by atoms with van der Waals surface area (Å²) in [6.07, 6.45) is 0. The van der Waals surface area contributed by atoms with Crippen LogP contribution in [0.1, 0.15) is 20.2 Å². The Morgan fingerprint density at radius 2 is 1.69 bits per heavy atom. The van der Waals surface area contributed by atoms with Gasteiger partial charge in [-0.05, 0) is 53.9 Å². The molecule has 184 valence electrons. The summed E-state index contributed by atoms with van der Waals surface area (Å²) in [5, 5.41) is 5.99. The van der Waals surface area contributed by atoms with Gasteiger partial charge in [0.1, 0.15) is 5.76 Å². The lowest BCUT2D eigenvalue weighted by atomic mass is 10.2. The minimum atomic E-state index is -0.413. The van der Waals surface area contributed by atoms with Crippen molar-refractivity contribution < 1.29 is 14.0 Å². The lowest BCUT2D eigenvalue weighted by Gasteiger charge is -2.36. The zero-order chi connectivity index (χ0) is 25.2. The number of hydrogen-bond acceptors (Lipinski definition) is 5. The Hall–Kier alpha value is -2.97. The average Bonchev–Trinajstić information content (AvgIpc) is 3.59. The predicted molar refractivity (Wildman–Crippen MR) is 146 cm³/mol. The van der Waals surface area contributed by atoms with Crippen LogP contribution >= 0.6 is 46.1 Å². The molecule has 2 amide bonds. The van der Waals surface area contributed by atoms with E-state index in [-0.39, 0.29) is 11.7 Å². The number of carbonyl (C=O) groups excluding carboxylic acids is 2. The molecule has 0 radical (unpaired) electrons. The number of carbonyl (C=O) groups is 2. The monoisotopic (exact) mass is 559 g/mol. The molecule has 0 atom stereocenters. The molecule has 1 saturated heterocycles. The van der Waals surface area contributed by atoms with Crippen LogP contribution in [0.4, 0.5) is 11.4 Å². The molecule has 0 spiro atoms. The van der Waals surface area contributed by atoms with Crippen LogP contribution in [0.25, 0.3) is 11.3 Å². The quantitative estimate of drug-likeness (QED) is 0.281. The van der Waals surface area contributed by atoms with Gasteiger partial charge in [-0.25, -0.2) is 0 Å². The van der Waals surface area contributed by atoms with E-state index in [2.05, 4.69) is 10.2 Å². The number of nitrogens with one attached hydrogen (secondary N) is 1. The van der Waals surface area contributed by atoms with Gasteiger partial charge in [-0.3, -0.25) is 9.59 Å². The molecule has 6 nitrogen and oxygen atoms in total. The summed E-state index contributed by atoms with van der Waals surface area (Å²) >= 11 is 20.4. The van der Waals surface area contributed by atoms with E-state index in [1.165, 1.54) is 11.3 Å². The van der Waals surface area contributed by atoms with Gasteiger partial charge in [-0.2, -0.15) is 0 Å². The maximum atomic E-state index is 12.8. The molecule has 2 aromatic carbocycles. The van der Waals surface area contributed by atoms with Crippen molar-refractivity contribution in [2.75, 3.05) is 36.4 Å². The van der Waals surface area contributed by atoms with Crippen LogP contribution in [0.5, 0.6) is 0 Å². The molecule has 36 heavy (non-hydrogen) atoms. The van der Waals surface area contributed by atoms with E-state index in [1.807, 2.05) is 28.5 Å². The van der Waals surface area contributed by atoms with Crippen LogP contribution in [0, 0.1) is 0 Å². The summed E-state index contributed by atoms with van der Waals surface area (Å²) in [4.78, 5) is 30.1. The van der Waals surface area contributed by atoms with Gasteiger partial charge in [0.25, 0.3) is 11.8 Å². The highest BCUT2D eigenvalue weighted by molar-refractivity contribution is 7.12. The van der Waals surface area contributed by atoms with E-state index >= 15 is 0 Å². The average molecular weight is 561 g/mol. The molecule has 2 aromatic heterocycles. The van der Waals surface area contributed by atoms with Crippen LogP contribution < -0.4 is 10.2 Å². The molecule has 1 fully saturated rings. The molecule has 0 aliphatic carbocycles. The molecule has 1 aliphatic heterocycles. The highest BCUT2D eigenvalue weighted by Gasteiger charge is 2.24. The third kappa shape index (κ3) is 5.11. The van der Waals surface area contributed by atoms with Crippen molar-refractivity contribution in [2.45, 2.75) is 0 Å². The fourth-order valence-corrected chi connectivity index (χ4v) is 5.42. The highest BCUT2D eigenvalue weighted by atomic mass is 35.5. The van der Waals surface area contributed by atoms with Crippen molar-refractivity contribution in [1.29, 1.82) is 0 Å². The van der Waals surface area contributed by atoms with Gasteiger partial charge in [-0.1, -0.05) is 46.9 Å². The van der Waals surface area contributed by atoms with Crippen molar-refractivity contribution in [3.63, 3.8) is 0 Å². The van der Waals surface area contributed by atoms with E-state index in [1.54, 1.807) is 42.5 Å². The summed E-state index contributed by atoms with van der Waals surface area (Å²) in [5.74, 6) is 0.224. The summed E-state index contributed by atoms with van der Waals surface area (Å²) in [6.45, 7) is 2.57. The second-order valence-corrected chi connectivity index (χ2v) is 10.3. The minimum Gasteiger partial charge on any atom is -0.451 e. The number of halogens is 3. The number of rotatable bonds is 5.